The highest BCUT2D eigenvalue weighted by Crippen LogP contribution is 2.35. The first-order chi connectivity index (χ1) is 17.4. The van der Waals surface area contributed by atoms with Crippen molar-refractivity contribution in [2.75, 3.05) is 31.6 Å². The summed E-state index contributed by atoms with van der Waals surface area (Å²) in [5, 5.41) is 4.29. The molecule has 5 rings (SSSR count). The van der Waals surface area contributed by atoms with E-state index in [1.807, 2.05) is 39.2 Å². The highest BCUT2D eigenvalue weighted by Gasteiger charge is 2.25. The predicted octanol–water partition coefficient (Wildman–Crippen LogP) is 5.96. The quantitative estimate of drug-likeness (QED) is 0.343. The Morgan fingerprint density at radius 2 is 1.78 bits per heavy atom. The van der Waals surface area contributed by atoms with E-state index >= 15 is 4.39 Å². The van der Waals surface area contributed by atoms with E-state index in [0.717, 1.165) is 49.4 Å². The second-order valence-electron chi connectivity index (χ2n) is 9.16. The van der Waals surface area contributed by atoms with Crippen molar-refractivity contribution in [3.63, 3.8) is 0 Å². The van der Waals surface area contributed by atoms with E-state index in [1.54, 1.807) is 28.6 Å². The van der Waals surface area contributed by atoms with E-state index in [-0.39, 0.29) is 5.69 Å². The van der Waals surface area contributed by atoms with Crippen LogP contribution in [0.25, 0.3) is 27.8 Å². The molecule has 3 aromatic heterocycles. The van der Waals surface area contributed by atoms with Crippen LogP contribution in [0, 0.1) is 18.6 Å². The van der Waals surface area contributed by atoms with E-state index in [9.17, 15) is 4.39 Å². The number of pyridine rings is 1. The van der Waals surface area contributed by atoms with Crippen molar-refractivity contribution in [2.45, 2.75) is 46.6 Å². The van der Waals surface area contributed by atoms with Crippen LogP contribution in [-0.4, -0.2) is 57.0 Å². The molecule has 1 aromatic carbocycles. The smallest absolute Gasteiger partial charge is 0.153 e. The maximum atomic E-state index is 15.1. The minimum absolute atomic E-state index is 0.0880. The molecule has 0 spiro atoms. The van der Waals surface area contributed by atoms with Gasteiger partial charge in [0.25, 0.3) is 0 Å². The van der Waals surface area contributed by atoms with Gasteiger partial charge in [-0.2, -0.15) is 5.10 Å². The Kier molecular flexibility index (Phi) is 7.73. The van der Waals surface area contributed by atoms with Crippen LogP contribution in [0.5, 0.6) is 0 Å². The Morgan fingerprint density at radius 3 is 2.42 bits per heavy atom. The van der Waals surface area contributed by atoms with Gasteiger partial charge in [-0.15, -0.1) is 0 Å². The van der Waals surface area contributed by atoms with Crippen molar-refractivity contribution in [3.05, 3.63) is 60.1 Å². The zero-order valence-corrected chi connectivity index (χ0v) is 22.1. The number of benzene rings is 1. The highest BCUT2D eigenvalue weighted by molar-refractivity contribution is 5.95. The third-order valence-corrected chi connectivity index (χ3v) is 7.06. The first-order valence-corrected chi connectivity index (χ1v) is 12.8. The van der Waals surface area contributed by atoms with Gasteiger partial charge in [-0.1, -0.05) is 26.8 Å². The van der Waals surface area contributed by atoms with Gasteiger partial charge >= 0.3 is 0 Å². The molecule has 192 valence electrons. The fourth-order valence-corrected chi connectivity index (χ4v) is 4.92. The fourth-order valence-electron chi connectivity index (χ4n) is 4.92. The molecule has 0 unspecified atom stereocenters. The number of nitrogens with zero attached hydrogens (tertiary/aromatic N) is 6. The number of anilines is 1. The highest BCUT2D eigenvalue weighted by atomic mass is 19.1. The SMILES string of the molecule is CC.CCN1CCC(N(C)c2ccc3c(n2)c(-c2cnn(C)c2)cn3-c2c(F)ccc(C)c2F)CC1. The number of piperidine rings is 1. The largest absolute Gasteiger partial charge is 0.357 e. The molecule has 0 N–H and O–H groups in total. The first-order valence-electron chi connectivity index (χ1n) is 12.8. The molecule has 36 heavy (non-hydrogen) atoms. The van der Waals surface area contributed by atoms with Crippen LogP contribution in [0.1, 0.15) is 39.2 Å². The van der Waals surface area contributed by atoms with Gasteiger partial charge in [0.05, 0.1) is 17.2 Å². The van der Waals surface area contributed by atoms with E-state index in [4.69, 9.17) is 4.98 Å². The summed E-state index contributed by atoms with van der Waals surface area (Å²) in [5.41, 5.74) is 3.30. The van der Waals surface area contributed by atoms with Crippen molar-refractivity contribution in [1.82, 2.24) is 24.2 Å². The molecule has 1 fully saturated rings. The Morgan fingerprint density at radius 1 is 1.06 bits per heavy atom. The van der Waals surface area contributed by atoms with Gasteiger partial charge in [-0.3, -0.25) is 4.68 Å². The summed E-state index contributed by atoms with van der Waals surface area (Å²) in [4.78, 5) is 9.72. The summed E-state index contributed by atoms with van der Waals surface area (Å²) in [6, 6.07) is 7.03. The Labute approximate surface area is 212 Å². The molecule has 8 heteroatoms. The average molecular weight is 495 g/mol. The number of rotatable bonds is 5. The molecule has 1 saturated heterocycles. The lowest BCUT2D eigenvalue weighted by atomic mass is 10.0. The molecule has 0 saturated carbocycles. The number of fused-ring (bicyclic) bond motifs is 1. The lowest BCUT2D eigenvalue weighted by Crippen LogP contribution is -2.43. The molecule has 0 bridgehead atoms. The molecule has 0 aliphatic carbocycles. The Balaban J connectivity index is 0.00000148. The number of likely N-dealkylation sites (tertiary alicyclic amines) is 1. The second-order valence-corrected chi connectivity index (χ2v) is 9.16. The van der Waals surface area contributed by atoms with Crippen molar-refractivity contribution < 1.29 is 8.78 Å². The zero-order valence-electron chi connectivity index (χ0n) is 22.1. The van der Waals surface area contributed by atoms with Crippen LogP contribution in [0.4, 0.5) is 14.6 Å². The summed E-state index contributed by atoms with van der Waals surface area (Å²) in [6.07, 6.45) is 7.57. The minimum Gasteiger partial charge on any atom is -0.357 e. The molecule has 4 aromatic rings. The summed E-state index contributed by atoms with van der Waals surface area (Å²) < 4.78 is 33.2. The lowest BCUT2D eigenvalue weighted by Gasteiger charge is -2.36. The van der Waals surface area contributed by atoms with Gasteiger partial charge in [0, 0.05) is 56.7 Å². The topological polar surface area (TPSA) is 42.1 Å². The molecular weight excluding hydrogens is 458 g/mol. The molecule has 1 aliphatic heterocycles. The van der Waals surface area contributed by atoms with E-state index < -0.39 is 11.6 Å². The van der Waals surface area contributed by atoms with Gasteiger partial charge in [0.15, 0.2) is 5.82 Å². The van der Waals surface area contributed by atoms with Crippen LogP contribution in [0.2, 0.25) is 0 Å². The third kappa shape index (κ3) is 4.74. The Hall–Kier alpha value is -3.26. The van der Waals surface area contributed by atoms with Crippen LogP contribution in [-0.2, 0) is 7.05 Å². The molecule has 1 aliphatic rings. The Bertz CT molecular complexity index is 1330. The van der Waals surface area contributed by atoms with Gasteiger partial charge in [0.1, 0.15) is 17.3 Å². The van der Waals surface area contributed by atoms with Crippen LogP contribution < -0.4 is 4.90 Å². The van der Waals surface area contributed by atoms with E-state index in [2.05, 4.69) is 28.9 Å². The molecule has 6 nitrogen and oxygen atoms in total. The third-order valence-electron chi connectivity index (χ3n) is 7.06. The van der Waals surface area contributed by atoms with Crippen molar-refractivity contribution in [1.29, 1.82) is 0 Å². The fraction of sp³-hybridized carbons (Fsp3) is 0.429. The second kappa shape index (κ2) is 10.8. The first kappa shape index (κ1) is 25.8. The van der Waals surface area contributed by atoms with Crippen molar-refractivity contribution in [2.24, 2.45) is 7.05 Å². The zero-order chi connectivity index (χ0) is 26.0. The van der Waals surface area contributed by atoms with Gasteiger partial charge in [-0.25, -0.2) is 13.8 Å². The van der Waals surface area contributed by atoms with Crippen molar-refractivity contribution >= 4 is 16.9 Å². The number of hydrogen-bond donors (Lipinski definition) is 0. The summed E-state index contributed by atoms with van der Waals surface area (Å²) in [5.74, 6) is -0.323. The number of aromatic nitrogens is 4. The lowest BCUT2D eigenvalue weighted by molar-refractivity contribution is 0.220. The molecule has 0 radical (unpaired) electrons. The summed E-state index contributed by atoms with van der Waals surface area (Å²) in [7, 11) is 3.93. The van der Waals surface area contributed by atoms with E-state index in [0.29, 0.717) is 22.6 Å². The van der Waals surface area contributed by atoms with Gasteiger partial charge < -0.3 is 14.4 Å². The van der Waals surface area contributed by atoms with Crippen molar-refractivity contribution in [3.8, 4) is 16.8 Å². The number of hydrogen-bond acceptors (Lipinski definition) is 4. The normalized spacial score (nSPS) is 14.7. The predicted molar refractivity (Wildman–Crippen MR) is 143 cm³/mol. The van der Waals surface area contributed by atoms with Crippen LogP contribution in [0.15, 0.2) is 42.9 Å². The van der Waals surface area contributed by atoms with E-state index in [1.165, 1.54) is 12.1 Å². The average Bonchev–Trinajstić information content (AvgIpc) is 3.50. The standard InChI is InChI=1S/C26H30F2N6.C2H6/c1-5-33-12-10-19(11-13-33)32(4)23-9-8-22-25(30-23)20(18-14-29-31(3)15-18)16-34(22)26-21(27)7-6-17(2)24(26)28;1-2/h6-9,14-16,19H,5,10-13H2,1-4H3;1-2H3. The molecule has 0 atom stereocenters. The molecule has 4 heterocycles. The maximum absolute atomic E-state index is 15.1. The summed E-state index contributed by atoms with van der Waals surface area (Å²) >= 11 is 0. The number of halogens is 2. The summed E-state index contributed by atoms with van der Waals surface area (Å²) in [6.45, 7) is 11.1. The number of aryl methyl sites for hydroxylation is 2. The minimum atomic E-state index is -0.610. The maximum Gasteiger partial charge on any atom is 0.153 e. The van der Waals surface area contributed by atoms with Gasteiger partial charge in [0.2, 0.25) is 0 Å². The van der Waals surface area contributed by atoms with Crippen LogP contribution >= 0.6 is 0 Å². The van der Waals surface area contributed by atoms with Gasteiger partial charge in [-0.05, 0) is 50.1 Å². The molecule has 0 amide bonds. The molecular formula is C28H36F2N6. The monoisotopic (exact) mass is 494 g/mol. The van der Waals surface area contributed by atoms with Crippen LogP contribution in [0.3, 0.4) is 0 Å².